The molecular formula is C30H23NO6. The fourth-order valence-electron chi connectivity index (χ4n) is 3.87. The number of nitrogens with zero attached hydrogens (tertiary/aromatic N) is 1. The summed E-state index contributed by atoms with van der Waals surface area (Å²) in [6, 6.07) is 29.9. The second-order valence-electron chi connectivity index (χ2n) is 8.13. The van der Waals surface area contributed by atoms with E-state index in [1.807, 2.05) is 60.7 Å². The number of carbonyl (C=O) groups is 1. The van der Waals surface area contributed by atoms with Gasteiger partial charge in [0.1, 0.15) is 28.6 Å². The van der Waals surface area contributed by atoms with Crippen molar-refractivity contribution in [3.8, 4) is 23.0 Å². The Morgan fingerprint density at radius 3 is 1.92 bits per heavy atom. The van der Waals surface area contributed by atoms with Gasteiger partial charge in [-0.05, 0) is 67.6 Å². The monoisotopic (exact) mass is 493 g/mol. The average Bonchev–Trinajstić information content (AvgIpc) is 2.92. The lowest BCUT2D eigenvalue weighted by Crippen LogP contribution is -2.29. The van der Waals surface area contributed by atoms with Crippen LogP contribution in [0.2, 0.25) is 0 Å². The summed E-state index contributed by atoms with van der Waals surface area (Å²) in [7, 11) is 1.57. The maximum absolute atomic E-state index is 13.3. The number of anilines is 2. The number of hydrogen-bond acceptors (Lipinski definition) is 6. The number of rotatable bonds is 6. The molecule has 0 unspecified atom stereocenters. The molecule has 0 spiro atoms. The molecule has 7 heteroatoms. The maximum atomic E-state index is 13.3. The van der Waals surface area contributed by atoms with Crippen molar-refractivity contribution in [2.45, 2.75) is 6.92 Å². The van der Waals surface area contributed by atoms with Gasteiger partial charge in [-0.25, -0.2) is 9.69 Å². The number of aryl methyl sites for hydroxylation is 1. The zero-order chi connectivity index (χ0) is 25.8. The van der Waals surface area contributed by atoms with E-state index in [9.17, 15) is 9.59 Å². The van der Waals surface area contributed by atoms with Crippen molar-refractivity contribution >= 4 is 28.4 Å². The van der Waals surface area contributed by atoms with Crippen LogP contribution in [0, 0.1) is 6.92 Å². The smallest absolute Gasteiger partial charge is 0.424 e. The molecule has 1 aromatic heterocycles. The van der Waals surface area contributed by atoms with E-state index in [0.29, 0.717) is 34.0 Å². The van der Waals surface area contributed by atoms with Crippen molar-refractivity contribution in [2.24, 2.45) is 0 Å². The summed E-state index contributed by atoms with van der Waals surface area (Å²) in [5, 5.41) is 0.303. The lowest BCUT2D eigenvalue weighted by atomic mass is 10.2. The zero-order valence-corrected chi connectivity index (χ0v) is 20.2. The Morgan fingerprint density at radius 1 is 0.757 bits per heavy atom. The summed E-state index contributed by atoms with van der Waals surface area (Å²) in [5.74, 6) is 1.77. The molecule has 0 aliphatic carbocycles. The fourth-order valence-corrected chi connectivity index (χ4v) is 3.87. The van der Waals surface area contributed by atoms with Gasteiger partial charge in [0.2, 0.25) is 11.2 Å². The third kappa shape index (κ3) is 5.01. The molecule has 0 saturated carbocycles. The molecule has 0 N–H and O–H groups in total. The van der Waals surface area contributed by atoms with Crippen molar-refractivity contribution in [1.29, 1.82) is 0 Å². The highest BCUT2D eigenvalue weighted by atomic mass is 16.6. The van der Waals surface area contributed by atoms with Crippen LogP contribution in [0.1, 0.15) is 5.76 Å². The SMILES string of the molecule is COc1ccc(Oc2c(C)oc3cc(OC(=O)N(c4ccccc4)c4ccccc4)ccc3c2=O)cc1. The maximum Gasteiger partial charge on any atom is 0.424 e. The van der Waals surface area contributed by atoms with Crippen molar-refractivity contribution in [3.05, 3.63) is 119 Å². The predicted octanol–water partition coefficient (Wildman–Crippen LogP) is 7.24. The van der Waals surface area contributed by atoms with Crippen LogP contribution in [0.3, 0.4) is 0 Å². The first-order valence-electron chi connectivity index (χ1n) is 11.5. The number of carbonyl (C=O) groups excluding carboxylic acids is 1. The minimum Gasteiger partial charge on any atom is -0.497 e. The third-order valence-electron chi connectivity index (χ3n) is 5.68. The normalized spacial score (nSPS) is 10.6. The van der Waals surface area contributed by atoms with Gasteiger partial charge < -0.3 is 18.6 Å². The highest BCUT2D eigenvalue weighted by Gasteiger charge is 2.21. The number of ether oxygens (including phenoxy) is 3. The molecular weight excluding hydrogens is 470 g/mol. The Kier molecular flexibility index (Phi) is 6.59. The number of hydrogen-bond donors (Lipinski definition) is 0. The minimum atomic E-state index is -0.602. The van der Waals surface area contributed by atoms with Crippen molar-refractivity contribution < 1.29 is 23.4 Å². The Morgan fingerprint density at radius 2 is 1.32 bits per heavy atom. The molecule has 1 amide bonds. The summed E-state index contributed by atoms with van der Waals surface area (Å²) in [5.41, 5.74) is 1.26. The first kappa shape index (κ1) is 23.7. The van der Waals surface area contributed by atoms with Crippen molar-refractivity contribution in [3.63, 3.8) is 0 Å². The Bertz CT molecular complexity index is 1560. The van der Waals surface area contributed by atoms with E-state index in [2.05, 4.69) is 0 Å². The van der Waals surface area contributed by atoms with Crippen LogP contribution >= 0.6 is 0 Å². The van der Waals surface area contributed by atoms with Crippen LogP contribution in [-0.4, -0.2) is 13.2 Å². The zero-order valence-electron chi connectivity index (χ0n) is 20.2. The molecule has 1 heterocycles. The average molecular weight is 494 g/mol. The molecule has 184 valence electrons. The highest BCUT2D eigenvalue weighted by Crippen LogP contribution is 2.30. The van der Waals surface area contributed by atoms with E-state index in [0.717, 1.165) is 0 Å². The topological polar surface area (TPSA) is 78.2 Å². The van der Waals surface area contributed by atoms with Gasteiger partial charge in [0.25, 0.3) is 0 Å². The summed E-state index contributed by atoms with van der Waals surface area (Å²) >= 11 is 0. The van der Waals surface area contributed by atoms with Crippen molar-refractivity contribution in [2.75, 3.05) is 12.0 Å². The predicted molar refractivity (Wildman–Crippen MR) is 141 cm³/mol. The first-order valence-corrected chi connectivity index (χ1v) is 11.5. The summed E-state index contributed by atoms with van der Waals surface area (Å²) in [6.45, 7) is 1.64. The van der Waals surface area contributed by atoms with Gasteiger partial charge in [-0.2, -0.15) is 0 Å². The molecule has 37 heavy (non-hydrogen) atoms. The van der Waals surface area contributed by atoms with E-state index in [-0.39, 0.29) is 22.5 Å². The Balaban J connectivity index is 1.44. The summed E-state index contributed by atoms with van der Waals surface area (Å²) in [6.07, 6.45) is -0.602. The lowest BCUT2D eigenvalue weighted by molar-refractivity contribution is 0.210. The number of benzene rings is 4. The van der Waals surface area contributed by atoms with E-state index in [4.69, 9.17) is 18.6 Å². The van der Waals surface area contributed by atoms with Crippen LogP contribution in [-0.2, 0) is 0 Å². The standard InChI is InChI=1S/C30H23NO6/c1-20-29(36-24-15-13-23(34-2)14-16-24)28(32)26-18-17-25(19-27(26)35-20)37-30(33)31(21-9-5-3-6-10-21)22-11-7-4-8-12-22/h3-19H,1-2H3. The largest absolute Gasteiger partial charge is 0.497 e. The number of fused-ring (bicyclic) bond motifs is 1. The number of methoxy groups -OCH3 is 1. The van der Waals surface area contributed by atoms with E-state index >= 15 is 0 Å². The molecule has 0 atom stereocenters. The molecule has 0 bridgehead atoms. The van der Waals surface area contributed by atoms with Crippen molar-refractivity contribution in [1.82, 2.24) is 0 Å². The van der Waals surface area contributed by atoms with Crippen LogP contribution in [0.4, 0.5) is 16.2 Å². The molecule has 0 radical (unpaired) electrons. The van der Waals surface area contributed by atoms with Crippen LogP contribution in [0.25, 0.3) is 11.0 Å². The van der Waals surface area contributed by atoms with Gasteiger partial charge in [0, 0.05) is 6.07 Å². The van der Waals surface area contributed by atoms with Gasteiger partial charge in [0.05, 0.1) is 23.9 Å². The van der Waals surface area contributed by atoms with Gasteiger partial charge in [0.15, 0.2) is 0 Å². The Hall–Kier alpha value is -5.04. The summed E-state index contributed by atoms with van der Waals surface area (Å²) < 4.78 is 22.6. The summed E-state index contributed by atoms with van der Waals surface area (Å²) in [4.78, 5) is 27.9. The quantitative estimate of drug-likeness (QED) is 0.248. The highest BCUT2D eigenvalue weighted by molar-refractivity contribution is 5.97. The molecule has 7 nitrogen and oxygen atoms in total. The van der Waals surface area contributed by atoms with Gasteiger partial charge in [-0.15, -0.1) is 0 Å². The molecule has 5 rings (SSSR count). The van der Waals surface area contributed by atoms with Crippen LogP contribution < -0.4 is 24.5 Å². The number of para-hydroxylation sites is 2. The lowest BCUT2D eigenvalue weighted by Gasteiger charge is -2.22. The fraction of sp³-hybridized carbons (Fsp3) is 0.0667. The second kappa shape index (κ2) is 10.3. The minimum absolute atomic E-state index is 0.0849. The Labute approximate surface area is 213 Å². The van der Waals surface area contributed by atoms with E-state index < -0.39 is 6.09 Å². The van der Waals surface area contributed by atoms with Gasteiger partial charge in [-0.1, -0.05) is 36.4 Å². The molecule has 0 aliphatic rings. The second-order valence-corrected chi connectivity index (χ2v) is 8.13. The molecule has 0 fully saturated rings. The molecule has 0 aliphatic heterocycles. The molecule has 5 aromatic rings. The first-order chi connectivity index (χ1) is 18.0. The van der Waals surface area contributed by atoms with Gasteiger partial charge >= 0.3 is 6.09 Å². The molecule has 4 aromatic carbocycles. The van der Waals surface area contributed by atoms with Crippen LogP contribution in [0.5, 0.6) is 23.0 Å². The van der Waals surface area contributed by atoms with E-state index in [1.54, 1.807) is 50.4 Å². The van der Waals surface area contributed by atoms with E-state index in [1.165, 1.54) is 11.0 Å². The number of amides is 1. The van der Waals surface area contributed by atoms with Gasteiger partial charge in [-0.3, -0.25) is 4.79 Å². The third-order valence-corrected chi connectivity index (χ3v) is 5.68. The van der Waals surface area contributed by atoms with Crippen LogP contribution in [0.15, 0.2) is 112 Å². The molecule has 0 saturated heterocycles.